The Balaban J connectivity index is 1.81. The van der Waals surface area contributed by atoms with E-state index in [0.29, 0.717) is 12.4 Å². The number of fused-ring (bicyclic) bond motifs is 1. The molecule has 0 saturated heterocycles. The lowest BCUT2D eigenvalue weighted by Gasteiger charge is -2.42. The van der Waals surface area contributed by atoms with E-state index >= 15 is 0 Å². The highest BCUT2D eigenvalue weighted by Gasteiger charge is 2.39. The summed E-state index contributed by atoms with van der Waals surface area (Å²) in [6, 6.07) is 13.3. The van der Waals surface area contributed by atoms with Gasteiger partial charge in [0.2, 0.25) is 0 Å². The number of hydrogen-bond acceptors (Lipinski definition) is 3. The molecule has 1 N–H and O–H groups in total. The molecule has 2 aromatic carbocycles. The van der Waals surface area contributed by atoms with Crippen molar-refractivity contribution in [2.45, 2.75) is 83.7 Å². The molecule has 1 heterocycles. The van der Waals surface area contributed by atoms with Crippen molar-refractivity contribution in [1.29, 1.82) is 0 Å². The van der Waals surface area contributed by atoms with Gasteiger partial charge in [0.05, 0.1) is 12.2 Å². The molecule has 3 rings (SSSR count). The molecule has 4 nitrogen and oxygen atoms in total. The Labute approximate surface area is 186 Å². The van der Waals surface area contributed by atoms with Crippen molar-refractivity contribution in [2.24, 2.45) is 0 Å². The van der Waals surface area contributed by atoms with Crippen LogP contribution in [0.3, 0.4) is 0 Å². The Bertz CT molecular complexity index is 896. The van der Waals surface area contributed by atoms with Crippen LogP contribution in [0.15, 0.2) is 42.5 Å². The molecular weight excluding hydrogens is 388 g/mol. The Hall–Kier alpha value is -2.49. The minimum absolute atomic E-state index is 0.0502. The maximum Gasteiger partial charge on any atom is 0.335 e. The number of rotatable bonds is 9. The van der Waals surface area contributed by atoms with E-state index in [0.717, 1.165) is 25.0 Å². The lowest BCUT2D eigenvalue weighted by molar-refractivity contribution is 0.0532. The Morgan fingerprint density at radius 3 is 2.45 bits per heavy atom. The Morgan fingerprint density at radius 2 is 1.81 bits per heavy atom. The molecule has 31 heavy (non-hydrogen) atoms. The minimum atomic E-state index is -0.925. The molecule has 0 radical (unpaired) electrons. The van der Waals surface area contributed by atoms with Crippen LogP contribution in [-0.4, -0.2) is 23.3 Å². The highest BCUT2D eigenvalue weighted by molar-refractivity contribution is 5.87. The number of carboxylic acid groups (broad SMARTS) is 1. The molecule has 1 unspecified atom stereocenters. The van der Waals surface area contributed by atoms with E-state index < -0.39 is 5.97 Å². The van der Waals surface area contributed by atoms with Gasteiger partial charge in [-0.15, -0.1) is 0 Å². The second-order valence-electron chi connectivity index (χ2n) is 10.0. The Kier molecular flexibility index (Phi) is 6.98. The lowest BCUT2D eigenvalue weighted by Crippen LogP contribution is -2.41. The van der Waals surface area contributed by atoms with Crippen molar-refractivity contribution in [3.8, 4) is 11.5 Å². The summed E-state index contributed by atoms with van der Waals surface area (Å²) in [6.07, 6.45) is 5.59. The van der Waals surface area contributed by atoms with Crippen molar-refractivity contribution in [3.63, 3.8) is 0 Å². The van der Waals surface area contributed by atoms with Gasteiger partial charge in [0.15, 0.2) is 0 Å². The number of aromatic carboxylic acids is 1. The first-order valence-corrected chi connectivity index (χ1v) is 11.4. The van der Waals surface area contributed by atoms with Crippen LogP contribution in [-0.2, 0) is 5.41 Å². The summed E-state index contributed by atoms with van der Waals surface area (Å²) < 4.78 is 12.4. The molecule has 2 aromatic rings. The fourth-order valence-corrected chi connectivity index (χ4v) is 4.79. The topological polar surface area (TPSA) is 55.8 Å². The SMILES string of the molecule is CCCCCC(COc1ccc(C(=O)O)cc1)c1ccc2c(c1)C(C)(C)CC(C)(C)O2. The lowest BCUT2D eigenvalue weighted by atomic mass is 9.73. The summed E-state index contributed by atoms with van der Waals surface area (Å²) in [5.74, 6) is 1.05. The van der Waals surface area contributed by atoms with E-state index in [9.17, 15) is 4.79 Å². The van der Waals surface area contributed by atoms with Crippen molar-refractivity contribution in [2.75, 3.05) is 6.61 Å². The second-order valence-corrected chi connectivity index (χ2v) is 10.0. The third kappa shape index (κ3) is 5.81. The van der Waals surface area contributed by atoms with Crippen LogP contribution in [0.4, 0.5) is 0 Å². The van der Waals surface area contributed by atoms with Gasteiger partial charge in [-0.2, -0.15) is 0 Å². The quantitative estimate of drug-likeness (QED) is 0.442. The maximum absolute atomic E-state index is 11.1. The van der Waals surface area contributed by atoms with Gasteiger partial charge in [-0.25, -0.2) is 4.79 Å². The number of unbranched alkanes of at least 4 members (excludes halogenated alkanes) is 2. The van der Waals surface area contributed by atoms with Crippen LogP contribution in [0.2, 0.25) is 0 Å². The number of carboxylic acids is 1. The maximum atomic E-state index is 11.1. The van der Waals surface area contributed by atoms with Crippen LogP contribution >= 0.6 is 0 Å². The number of benzene rings is 2. The number of carbonyl (C=O) groups is 1. The van der Waals surface area contributed by atoms with Gasteiger partial charge in [-0.1, -0.05) is 52.2 Å². The summed E-state index contributed by atoms with van der Waals surface area (Å²) in [5.41, 5.74) is 2.72. The van der Waals surface area contributed by atoms with Crippen molar-refractivity contribution >= 4 is 5.97 Å². The first-order chi connectivity index (χ1) is 14.6. The fraction of sp³-hybridized carbons (Fsp3) is 0.519. The molecule has 0 amide bonds. The third-order valence-electron chi connectivity index (χ3n) is 6.17. The summed E-state index contributed by atoms with van der Waals surface area (Å²) in [4.78, 5) is 11.1. The van der Waals surface area contributed by atoms with E-state index in [4.69, 9.17) is 14.6 Å². The predicted molar refractivity (Wildman–Crippen MR) is 125 cm³/mol. The average molecular weight is 425 g/mol. The smallest absolute Gasteiger partial charge is 0.335 e. The number of hydrogen-bond donors (Lipinski definition) is 1. The molecule has 168 valence electrons. The van der Waals surface area contributed by atoms with E-state index in [2.05, 4.69) is 52.8 Å². The van der Waals surface area contributed by atoms with E-state index in [1.807, 2.05) is 0 Å². The second kappa shape index (κ2) is 9.33. The van der Waals surface area contributed by atoms with E-state index in [1.54, 1.807) is 24.3 Å². The summed E-state index contributed by atoms with van der Waals surface area (Å²) >= 11 is 0. The fourth-order valence-electron chi connectivity index (χ4n) is 4.79. The van der Waals surface area contributed by atoms with Gasteiger partial charge in [-0.05, 0) is 68.0 Å². The van der Waals surface area contributed by atoms with Crippen LogP contribution in [0.1, 0.15) is 94.1 Å². The Morgan fingerprint density at radius 1 is 1.10 bits per heavy atom. The van der Waals surface area contributed by atoms with Gasteiger partial charge in [-0.3, -0.25) is 0 Å². The average Bonchev–Trinajstić information content (AvgIpc) is 2.69. The van der Waals surface area contributed by atoms with Crippen LogP contribution in [0, 0.1) is 0 Å². The van der Waals surface area contributed by atoms with Gasteiger partial charge < -0.3 is 14.6 Å². The normalized spacial score (nSPS) is 17.3. The van der Waals surface area contributed by atoms with Gasteiger partial charge in [0.25, 0.3) is 0 Å². The molecule has 0 fully saturated rings. The monoisotopic (exact) mass is 424 g/mol. The molecule has 1 aliphatic rings. The van der Waals surface area contributed by atoms with Crippen molar-refractivity contribution in [1.82, 2.24) is 0 Å². The van der Waals surface area contributed by atoms with Crippen molar-refractivity contribution in [3.05, 3.63) is 59.2 Å². The predicted octanol–water partition coefficient (Wildman–Crippen LogP) is 6.97. The molecule has 0 aliphatic carbocycles. The molecule has 1 aliphatic heterocycles. The van der Waals surface area contributed by atoms with Gasteiger partial charge in [0, 0.05) is 11.5 Å². The van der Waals surface area contributed by atoms with Gasteiger partial charge in [0.1, 0.15) is 17.1 Å². The third-order valence-corrected chi connectivity index (χ3v) is 6.17. The molecule has 0 spiro atoms. The summed E-state index contributed by atoms with van der Waals surface area (Å²) in [5, 5.41) is 9.08. The summed E-state index contributed by atoms with van der Waals surface area (Å²) in [6.45, 7) is 11.7. The highest BCUT2D eigenvalue weighted by atomic mass is 16.5. The minimum Gasteiger partial charge on any atom is -0.493 e. The summed E-state index contributed by atoms with van der Waals surface area (Å²) in [7, 11) is 0. The molecule has 4 heteroatoms. The molecular formula is C27H36O4. The standard InChI is InChI=1S/C27H36O4/c1-6-7-8-9-21(17-30-22-13-10-19(11-14-22)25(28)29)20-12-15-24-23(16-20)26(2,3)18-27(4,5)31-24/h10-16,21H,6-9,17-18H2,1-5H3,(H,28,29). The number of ether oxygens (including phenoxy) is 2. The van der Waals surface area contributed by atoms with E-state index in [-0.39, 0.29) is 22.5 Å². The first-order valence-electron chi connectivity index (χ1n) is 11.4. The van der Waals surface area contributed by atoms with Crippen molar-refractivity contribution < 1.29 is 19.4 Å². The largest absolute Gasteiger partial charge is 0.493 e. The van der Waals surface area contributed by atoms with E-state index in [1.165, 1.54) is 24.0 Å². The first kappa shape index (κ1) is 23.2. The molecule has 0 bridgehead atoms. The van der Waals surface area contributed by atoms with Gasteiger partial charge >= 0.3 is 5.97 Å². The zero-order chi connectivity index (χ0) is 22.6. The zero-order valence-electron chi connectivity index (χ0n) is 19.5. The zero-order valence-corrected chi connectivity index (χ0v) is 19.5. The molecule has 1 atom stereocenters. The molecule has 0 saturated carbocycles. The van der Waals surface area contributed by atoms with Crippen LogP contribution in [0.25, 0.3) is 0 Å². The highest BCUT2D eigenvalue weighted by Crippen LogP contribution is 2.45. The molecule has 0 aromatic heterocycles. The van der Waals surface area contributed by atoms with Crippen LogP contribution in [0.5, 0.6) is 11.5 Å². The van der Waals surface area contributed by atoms with Crippen LogP contribution < -0.4 is 9.47 Å².